The van der Waals surface area contributed by atoms with Gasteiger partial charge >= 0.3 is 0 Å². The molecule has 0 saturated carbocycles. The molecule has 3 aromatic rings. The van der Waals surface area contributed by atoms with Crippen LogP contribution in [0.2, 0.25) is 0 Å². The molecule has 24 heavy (non-hydrogen) atoms. The zero-order chi connectivity index (χ0) is 16.9. The fourth-order valence-corrected chi connectivity index (χ4v) is 2.50. The SMILES string of the molecule is Cc1onc(-c2ccccc2)c1C(=O)NC[C@@H](O)c1ccccc1. The van der Waals surface area contributed by atoms with Crippen molar-refractivity contribution in [2.24, 2.45) is 0 Å². The van der Waals surface area contributed by atoms with Crippen molar-refractivity contribution in [2.45, 2.75) is 13.0 Å². The number of carbonyl (C=O) groups is 1. The first-order valence-corrected chi connectivity index (χ1v) is 7.69. The van der Waals surface area contributed by atoms with Gasteiger partial charge in [-0.1, -0.05) is 65.8 Å². The minimum Gasteiger partial charge on any atom is -0.387 e. The Morgan fingerprint density at radius 3 is 2.42 bits per heavy atom. The third-order valence-corrected chi connectivity index (χ3v) is 3.78. The smallest absolute Gasteiger partial charge is 0.257 e. The van der Waals surface area contributed by atoms with Gasteiger partial charge in [0, 0.05) is 12.1 Å². The van der Waals surface area contributed by atoms with Gasteiger partial charge in [-0.3, -0.25) is 4.79 Å². The van der Waals surface area contributed by atoms with E-state index in [0.717, 1.165) is 11.1 Å². The van der Waals surface area contributed by atoms with Gasteiger partial charge in [0.25, 0.3) is 5.91 Å². The van der Waals surface area contributed by atoms with Crippen molar-refractivity contribution in [1.82, 2.24) is 10.5 Å². The predicted molar refractivity (Wildman–Crippen MR) is 90.4 cm³/mol. The Labute approximate surface area is 139 Å². The summed E-state index contributed by atoms with van der Waals surface area (Å²) in [6, 6.07) is 18.6. The monoisotopic (exact) mass is 322 g/mol. The molecular formula is C19H18N2O3. The molecule has 122 valence electrons. The van der Waals surface area contributed by atoms with Crippen LogP contribution in [0.4, 0.5) is 0 Å². The zero-order valence-corrected chi connectivity index (χ0v) is 13.3. The molecule has 0 fully saturated rings. The molecule has 2 N–H and O–H groups in total. The summed E-state index contributed by atoms with van der Waals surface area (Å²) in [5.74, 6) is 0.128. The number of amides is 1. The number of nitrogens with zero attached hydrogens (tertiary/aromatic N) is 1. The van der Waals surface area contributed by atoms with E-state index in [2.05, 4.69) is 10.5 Å². The Kier molecular flexibility index (Phi) is 4.72. The third-order valence-electron chi connectivity index (χ3n) is 3.78. The van der Waals surface area contributed by atoms with Crippen molar-refractivity contribution in [3.05, 3.63) is 77.6 Å². The van der Waals surface area contributed by atoms with Crippen LogP contribution >= 0.6 is 0 Å². The Morgan fingerprint density at radius 2 is 1.75 bits per heavy atom. The van der Waals surface area contributed by atoms with Crippen molar-refractivity contribution >= 4 is 5.91 Å². The van der Waals surface area contributed by atoms with Gasteiger partial charge in [0.2, 0.25) is 0 Å². The fourth-order valence-electron chi connectivity index (χ4n) is 2.50. The highest BCUT2D eigenvalue weighted by atomic mass is 16.5. The van der Waals surface area contributed by atoms with Crippen LogP contribution in [0.3, 0.4) is 0 Å². The Bertz CT molecular complexity index is 813. The standard InChI is InChI=1S/C19H18N2O3/c1-13-17(18(21-24-13)15-10-6-3-7-11-15)19(23)20-12-16(22)14-8-4-2-5-9-14/h2-11,16,22H,12H2,1H3,(H,20,23)/t16-/m1/s1. The highest BCUT2D eigenvalue weighted by Crippen LogP contribution is 2.25. The lowest BCUT2D eigenvalue weighted by Gasteiger charge is -2.12. The highest BCUT2D eigenvalue weighted by molar-refractivity contribution is 6.00. The molecule has 0 radical (unpaired) electrons. The summed E-state index contributed by atoms with van der Waals surface area (Å²) in [7, 11) is 0. The summed E-state index contributed by atoms with van der Waals surface area (Å²) in [5.41, 5.74) is 2.45. The van der Waals surface area contributed by atoms with Gasteiger partial charge in [-0.05, 0) is 12.5 Å². The topological polar surface area (TPSA) is 75.4 Å². The first-order valence-electron chi connectivity index (χ1n) is 7.69. The largest absolute Gasteiger partial charge is 0.387 e. The summed E-state index contributed by atoms with van der Waals surface area (Å²) in [6.45, 7) is 1.81. The first kappa shape index (κ1) is 16.0. The molecule has 3 rings (SSSR count). The van der Waals surface area contributed by atoms with Crippen LogP contribution in [-0.4, -0.2) is 22.7 Å². The molecule has 0 unspecified atom stereocenters. The summed E-state index contributed by atoms with van der Waals surface area (Å²) in [4.78, 5) is 12.5. The van der Waals surface area contributed by atoms with Gasteiger partial charge in [0.05, 0.1) is 6.10 Å². The fraction of sp³-hybridized carbons (Fsp3) is 0.158. The molecular weight excluding hydrogens is 304 g/mol. The summed E-state index contributed by atoms with van der Waals surface area (Å²) >= 11 is 0. The molecule has 0 bridgehead atoms. The summed E-state index contributed by atoms with van der Waals surface area (Å²) in [6.07, 6.45) is -0.768. The molecule has 0 spiro atoms. The second-order valence-electron chi connectivity index (χ2n) is 5.46. The number of benzene rings is 2. The molecule has 0 aliphatic heterocycles. The molecule has 1 atom stereocenters. The lowest BCUT2D eigenvalue weighted by atomic mass is 10.1. The maximum atomic E-state index is 12.5. The van der Waals surface area contributed by atoms with Crippen LogP contribution in [0.1, 0.15) is 27.8 Å². The Balaban J connectivity index is 1.75. The van der Waals surface area contributed by atoms with E-state index >= 15 is 0 Å². The van der Waals surface area contributed by atoms with E-state index in [1.807, 2.05) is 60.7 Å². The number of hydrogen-bond donors (Lipinski definition) is 2. The van der Waals surface area contributed by atoms with Crippen molar-refractivity contribution in [2.75, 3.05) is 6.54 Å². The average molecular weight is 322 g/mol. The molecule has 1 aromatic heterocycles. The number of carbonyl (C=O) groups excluding carboxylic acids is 1. The summed E-state index contributed by atoms with van der Waals surface area (Å²) < 4.78 is 5.19. The molecule has 0 aliphatic carbocycles. The Morgan fingerprint density at radius 1 is 1.12 bits per heavy atom. The molecule has 1 amide bonds. The van der Waals surface area contributed by atoms with Gasteiger partial charge in [-0.2, -0.15) is 0 Å². The molecule has 0 aliphatic rings. The van der Waals surface area contributed by atoms with E-state index in [0.29, 0.717) is 17.0 Å². The minimum atomic E-state index is -0.768. The lowest BCUT2D eigenvalue weighted by molar-refractivity contribution is 0.0915. The van der Waals surface area contributed by atoms with Gasteiger partial charge in [-0.15, -0.1) is 0 Å². The molecule has 1 heterocycles. The number of aliphatic hydroxyl groups is 1. The average Bonchev–Trinajstić information content (AvgIpc) is 3.02. The van der Waals surface area contributed by atoms with Crippen LogP contribution < -0.4 is 5.32 Å². The number of rotatable bonds is 5. The van der Waals surface area contributed by atoms with E-state index in [1.165, 1.54) is 0 Å². The normalized spacial score (nSPS) is 11.9. The molecule has 5 heteroatoms. The molecule has 5 nitrogen and oxygen atoms in total. The third kappa shape index (κ3) is 3.36. The van der Waals surface area contributed by atoms with Crippen LogP contribution in [0.25, 0.3) is 11.3 Å². The van der Waals surface area contributed by atoms with Crippen LogP contribution in [0.5, 0.6) is 0 Å². The van der Waals surface area contributed by atoms with Crippen molar-refractivity contribution in [3.63, 3.8) is 0 Å². The van der Waals surface area contributed by atoms with Gasteiger partial charge in [-0.25, -0.2) is 0 Å². The maximum absolute atomic E-state index is 12.5. The second kappa shape index (κ2) is 7.10. The number of hydrogen-bond acceptors (Lipinski definition) is 4. The Hall–Kier alpha value is -2.92. The van der Waals surface area contributed by atoms with Gasteiger partial charge in [0.1, 0.15) is 17.0 Å². The number of aryl methyl sites for hydroxylation is 1. The number of aliphatic hydroxyl groups excluding tert-OH is 1. The molecule has 2 aromatic carbocycles. The van der Waals surface area contributed by atoms with Crippen LogP contribution in [0, 0.1) is 6.92 Å². The zero-order valence-electron chi connectivity index (χ0n) is 13.3. The summed E-state index contributed by atoms with van der Waals surface area (Å²) in [5, 5.41) is 16.9. The van der Waals surface area contributed by atoms with E-state index in [9.17, 15) is 9.90 Å². The van der Waals surface area contributed by atoms with Crippen LogP contribution in [0.15, 0.2) is 65.2 Å². The van der Waals surface area contributed by atoms with E-state index in [4.69, 9.17) is 4.52 Å². The number of nitrogens with one attached hydrogen (secondary N) is 1. The highest BCUT2D eigenvalue weighted by Gasteiger charge is 2.22. The van der Waals surface area contributed by atoms with Gasteiger partial charge in [0.15, 0.2) is 0 Å². The first-order chi connectivity index (χ1) is 11.7. The lowest BCUT2D eigenvalue weighted by Crippen LogP contribution is -2.29. The quantitative estimate of drug-likeness (QED) is 0.757. The van der Waals surface area contributed by atoms with E-state index in [1.54, 1.807) is 6.92 Å². The second-order valence-corrected chi connectivity index (χ2v) is 5.46. The minimum absolute atomic E-state index is 0.113. The predicted octanol–water partition coefficient (Wildman–Crippen LogP) is 3.11. The van der Waals surface area contributed by atoms with Crippen LogP contribution in [-0.2, 0) is 0 Å². The van der Waals surface area contributed by atoms with Crippen molar-refractivity contribution in [3.8, 4) is 11.3 Å². The molecule has 0 saturated heterocycles. The number of aromatic nitrogens is 1. The van der Waals surface area contributed by atoms with Crippen molar-refractivity contribution in [1.29, 1.82) is 0 Å². The maximum Gasteiger partial charge on any atom is 0.257 e. The van der Waals surface area contributed by atoms with Gasteiger partial charge < -0.3 is 14.9 Å². The van der Waals surface area contributed by atoms with Crippen molar-refractivity contribution < 1.29 is 14.4 Å². The van der Waals surface area contributed by atoms with E-state index in [-0.39, 0.29) is 12.5 Å². The van der Waals surface area contributed by atoms with E-state index < -0.39 is 6.10 Å².